The number of ether oxygens (including phenoxy) is 2. The maximum atomic E-state index is 13.1. The number of amides is 1. The normalized spacial score (nSPS) is 34.5. The van der Waals surface area contributed by atoms with Gasteiger partial charge in [-0.15, -0.1) is 0 Å². The number of benzene rings is 1. The second kappa shape index (κ2) is 5.45. The van der Waals surface area contributed by atoms with Gasteiger partial charge >= 0.3 is 5.97 Å². The van der Waals surface area contributed by atoms with E-state index in [1.807, 2.05) is 54.3 Å². The molecule has 0 radical (unpaired) electrons. The first kappa shape index (κ1) is 15.4. The zero-order valence-electron chi connectivity index (χ0n) is 13.8. The van der Waals surface area contributed by atoms with Crippen molar-refractivity contribution in [2.75, 3.05) is 13.2 Å². The van der Waals surface area contributed by atoms with Crippen LogP contribution in [0.15, 0.2) is 42.5 Å². The highest BCUT2D eigenvalue weighted by molar-refractivity contribution is 5.91. The SMILES string of the molecule is CCOC(=O)[C@H]1[C@@H]2C=C[C@]3(CN([C@H](C)c4ccccc4)C(=O)[C@H]13)O2. The van der Waals surface area contributed by atoms with Gasteiger partial charge in [-0.1, -0.05) is 42.5 Å². The van der Waals surface area contributed by atoms with Crippen LogP contribution in [0.3, 0.4) is 0 Å². The number of carbonyl (C=O) groups is 2. The van der Waals surface area contributed by atoms with Crippen LogP contribution in [0.2, 0.25) is 0 Å². The van der Waals surface area contributed by atoms with E-state index in [4.69, 9.17) is 9.47 Å². The summed E-state index contributed by atoms with van der Waals surface area (Å²) in [5.74, 6) is -1.36. The van der Waals surface area contributed by atoms with Gasteiger partial charge in [0.1, 0.15) is 11.5 Å². The molecular formula is C19H21NO4. The number of nitrogens with zero attached hydrogens (tertiary/aromatic N) is 1. The first-order valence-corrected chi connectivity index (χ1v) is 8.46. The summed E-state index contributed by atoms with van der Waals surface area (Å²) in [5, 5.41) is 0. The number of rotatable bonds is 4. The maximum Gasteiger partial charge on any atom is 0.312 e. The summed E-state index contributed by atoms with van der Waals surface area (Å²) >= 11 is 0. The fraction of sp³-hybridized carbons (Fsp3) is 0.474. The smallest absolute Gasteiger partial charge is 0.312 e. The van der Waals surface area contributed by atoms with Gasteiger partial charge in [-0.3, -0.25) is 9.59 Å². The van der Waals surface area contributed by atoms with Crippen molar-refractivity contribution in [1.82, 2.24) is 4.90 Å². The quantitative estimate of drug-likeness (QED) is 0.628. The van der Waals surface area contributed by atoms with E-state index in [2.05, 4.69) is 0 Å². The summed E-state index contributed by atoms with van der Waals surface area (Å²) in [6.45, 7) is 4.58. The fourth-order valence-corrected chi connectivity index (χ4v) is 4.27. The highest BCUT2D eigenvalue weighted by atomic mass is 16.6. The van der Waals surface area contributed by atoms with Crippen LogP contribution in [-0.2, 0) is 19.1 Å². The third-order valence-corrected chi connectivity index (χ3v) is 5.44. The molecule has 1 amide bonds. The standard InChI is InChI=1S/C19H21NO4/c1-3-23-18(22)15-14-9-10-19(24-14)11-20(17(21)16(15)19)12(2)13-7-5-4-6-8-13/h4-10,12,14-16H,3,11H2,1-2H3/t12-,14+,15+,16+,19-/m1/s1. The highest BCUT2D eigenvalue weighted by Gasteiger charge is 2.67. The van der Waals surface area contributed by atoms with Gasteiger partial charge < -0.3 is 14.4 Å². The minimum atomic E-state index is -0.678. The zero-order valence-corrected chi connectivity index (χ0v) is 13.8. The molecule has 2 bridgehead atoms. The van der Waals surface area contributed by atoms with E-state index in [9.17, 15) is 9.59 Å². The molecule has 0 saturated carbocycles. The first-order chi connectivity index (χ1) is 11.6. The molecule has 2 saturated heterocycles. The second-order valence-corrected chi connectivity index (χ2v) is 6.70. The molecule has 24 heavy (non-hydrogen) atoms. The molecule has 0 N–H and O–H groups in total. The molecule has 5 nitrogen and oxygen atoms in total. The van der Waals surface area contributed by atoms with Crippen molar-refractivity contribution in [1.29, 1.82) is 0 Å². The third-order valence-electron chi connectivity index (χ3n) is 5.44. The van der Waals surface area contributed by atoms with Crippen molar-refractivity contribution in [3.8, 4) is 0 Å². The van der Waals surface area contributed by atoms with E-state index >= 15 is 0 Å². The number of fused-ring (bicyclic) bond motifs is 1. The van der Waals surface area contributed by atoms with Crippen molar-refractivity contribution in [3.05, 3.63) is 48.0 Å². The summed E-state index contributed by atoms with van der Waals surface area (Å²) in [4.78, 5) is 27.3. The summed E-state index contributed by atoms with van der Waals surface area (Å²) in [5.41, 5.74) is 0.399. The van der Waals surface area contributed by atoms with Crippen molar-refractivity contribution >= 4 is 11.9 Å². The minimum absolute atomic E-state index is 0.0174. The highest BCUT2D eigenvalue weighted by Crippen LogP contribution is 2.53. The van der Waals surface area contributed by atoms with Crippen LogP contribution in [0.4, 0.5) is 0 Å². The molecule has 4 rings (SSSR count). The molecule has 1 spiro atoms. The largest absolute Gasteiger partial charge is 0.466 e. The molecule has 126 valence electrons. The predicted molar refractivity (Wildman–Crippen MR) is 86.9 cm³/mol. The fourth-order valence-electron chi connectivity index (χ4n) is 4.27. The zero-order chi connectivity index (χ0) is 16.9. The van der Waals surface area contributed by atoms with Gasteiger partial charge in [0, 0.05) is 0 Å². The van der Waals surface area contributed by atoms with E-state index in [-0.39, 0.29) is 24.0 Å². The summed E-state index contributed by atoms with van der Waals surface area (Å²) in [6, 6.07) is 9.86. The van der Waals surface area contributed by atoms with Crippen LogP contribution in [0.5, 0.6) is 0 Å². The van der Waals surface area contributed by atoms with Crippen LogP contribution in [0.25, 0.3) is 0 Å². The van der Waals surface area contributed by atoms with Crippen molar-refractivity contribution in [2.45, 2.75) is 31.6 Å². The second-order valence-electron chi connectivity index (χ2n) is 6.70. The van der Waals surface area contributed by atoms with E-state index in [1.165, 1.54) is 0 Å². The average molecular weight is 327 g/mol. The summed E-state index contributed by atoms with van der Waals surface area (Å²) in [6.07, 6.45) is 3.53. The molecule has 0 unspecified atom stereocenters. The van der Waals surface area contributed by atoms with E-state index in [0.29, 0.717) is 13.2 Å². The molecule has 3 heterocycles. The molecular weight excluding hydrogens is 306 g/mol. The van der Waals surface area contributed by atoms with E-state index in [0.717, 1.165) is 5.56 Å². The average Bonchev–Trinajstić information content (AvgIpc) is 3.23. The molecule has 1 aromatic carbocycles. The Morgan fingerprint density at radius 1 is 1.42 bits per heavy atom. The topological polar surface area (TPSA) is 55.8 Å². The maximum absolute atomic E-state index is 13.1. The van der Waals surface area contributed by atoms with Crippen LogP contribution in [-0.4, -0.2) is 41.6 Å². The van der Waals surface area contributed by atoms with Crippen molar-refractivity contribution < 1.29 is 19.1 Å². The molecule has 5 heteroatoms. The van der Waals surface area contributed by atoms with Gasteiger partial charge in [-0.05, 0) is 19.4 Å². The lowest BCUT2D eigenvalue weighted by atomic mass is 9.77. The summed E-state index contributed by atoms with van der Waals surface area (Å²) in [7, 11) is 0. The number of hydrogen-bond acceptors (Lipinski definition) is 4. The van der Waals surface area contributed by atoms with Crippen molar-refractivity contribution in [2.24, 2.45) is 11.8 Å². The lowest BCUT2D eigenvalue weighted by Crippen LogP contribution is -2.40. The lowest BCUT2D eigenvalue weighted by Gasteiger charge is -2.27. The molecule has 0 aromatic heterocycles. The molecule has 3 aliphatic rings. The minimum Gasteiger partial charge on any atom is -0.466 e. The Morgan fingerprint density at radius 3 is 2.88 bits per heavy atom. The van der Waals surface area contributed by atoms with Gasteiger partial charge in [0.15, 0.2) is 0 Å². The predicted octanol–water partition coefficient (Wildman–Crippen LogP) is 2.09. The van der Waals surface area contributed by atoms with Crippen LogP contribution >= 0.6 is 0 Å². The Labute approximate surface area is 141 Å². The van der Waals surface area contributed by atoms with Crippen LogP contribution in [0, 0.1) is 11.8 Å². The van der Waals surface area contributed by atoms with Gasteiger partial charge in [0.25, 0.3) is 0 Å². The monoisotopic (exact) mass is 327 g/mol. The Balaban J connectivity index is 1.64. The van der Waals surface area contributed by atoms with Gasteiger partial charge in [-0.25, -0.2) is 0 Å². The van der Waals surface area contributed by atoms with Crippen molar-refractivity contribution in [3.63, 3.8) is 0 Å². The van der Waals surface area contributed by atoms with E-state index < -0.39 is 17.4 Å². The number of hydrogen-bond donors (Lipinski definition) is 0. The molecule has 2 fully saturated rings. The Hall–Kier alpha value is -2.14. The molecule has 0 aliphatic carbocycles. The Kier molecular flexibility index (Phi) is 3.49. The number of likely N-dealkylation sites (tertiary alicyclic amines) is 1. The van der Waals surface area contributed by atoms with Gasteiger partial charge in [0.2, 0.25) is 5.91 Å². The molecule has 5 atom stereocenters. The van der Waals surface area contributed by atoms with Crippen LogP contribution < -0.4 is 0 Å². The Morgan fingerprint density at radius 2 is 2.17 bits per heavy atom. The van der Waals surface area contributed by atoms with Gasteiger partial charge in [-0.2, -0.15) is 0 Å². The molecule has 3 aliphatic heterocycles. The molecule has 1 aromatic rings. The lowest BCUT2D eigenvalue weighted by molar-refractivity contribution is -0.153. The third kappa shape index (κ3) is 2.04. The number of esters is 1. The first-order valence-electron chi connectivity index (χ1n) is 8.46. The Bertz CT molecular complexity index is 701. The number of carbonyl (C=O) groups excluding carboxylic acids is 2. The van der Waals surface area contributed by atoms with Crippen LogP contribution in [0.1, 0.15) is 25.5 Å². The van der Waals surface area contributed by atoms with Gasteiger partial charge in [0.05, 0.1) is 31.2 Å². The van der Waals surface area contributed by atoms with E-state index in [1.54, 1.807) is 6.92 Å². The summed E-state index contributed by atoms with van der Waals surface area (Å²) < 4.78 is 11.3.